The molecule has 0 aromatic carbocycles. The van der Waals surface area contributed by atoms with E-state index < -0.39 is 0 Å². The minimum Gasteiger partial charge on any atom is -0.368 e. The molecular formula is C18H25Cl2N7O2. The lowest BCUT2D eigenvalue weighted by atomic mass is 10.2. The van der Waals surface area contributed by atoms with Crippen molar-refractivity contribution in [3.63, 3.8) is 0 Å². The Kier molecular flexibility index (Phi) is 7.28. The molecule has 0 bridgehead atoms. The highest BCUT2D eigenvalue weighted by Crippen LogP contribution is 2.27. The second-order valence-electron chi connectivity index (χ2n) is 7.02. The molecule has 0 amide bonds. The number of imidazole rings is 1. The Morgan fingerprint density at radius 1 is 1.24 bits per heavy atom. The average molecular weight is 442 g/mol. The van der Waals surface area contributed by atoms with Gasteiger partial charge < -0.3 is 19.1 Å². The van der Waals surface area contributed by atoms with Gasteiger partial charge in [-0.3, -0.25) is 4.68 Å². The number of nitrogens with one attached hydrogen (secondary N) is 1. The SMILES string of the molecule is Cl.Cl.c1cn(CCc2noc(C3CCCO3)n2)c(-c2cc3n(n2)CCCNC3)n1. The maximum atomic E-state index is 5.60. The minimum absolute atomic E-state index is 0. The summed E-state index contributed by atoms with van der Waals surface area (Å²) in [6.45, 7) is 4.32. The fourth-order valence-electron chi connectivity index (χ4n) is 3.69. The van der Waals surface area contributed by atoms with Crippen LogP contribution in [0.2, 0.25) is 0 Å². The van der Waals surface area contributed by atoms with Crippen LogP contribution in [0, 0.1) is 0 Å². The van der Waals surface area contributed by atoms with E-state index in [0.29, 0.717) is 18.1 Å². The fourth-order valence-corrected chi connectivity index (χ4v) is 3.69. The van der Waals surface area contributed by atoms with Crippen molar-refractivity contribution in [2.24, 2.45) is 0 Å². The summed E-state index contributed by atoms with van der Waals surface area (Å²) >= 11 is 0. The summed E-state index contributed by atoms with van der Waals surface area (Å²) in [5.74, 6) is 2.17. The van der Waals surface area contributed by atoms with Gasteiger partial charge >= 0.3 is 0 Å². The van der Waals surface area contributed by atoms with Crippen LogP contribution >= 0.6 is 24.8 Å². The van der Waals surface area contributed by atoms with Crippen LogP contribution in [-0.4, -0.2) is 42.6 Å². The van der Waals surface area contributed by atoms with Gasteiger partial charge in [0.25, 0.3) is 5.89 Å². The molecule has 2 aliphatic rings. The van der Waals surface area contributed by atoms with E-state index in [9.17, 15) is 0 Å². The summed E-state index contributed by atoms with van der Waals surface area (Å²) in [6.07, 6.45) is 7.51. The predicted octanol–water partition coefficient (Wildman–Crippen LogP) is 2.56. The molecule has 9 nitrogen and oxygen atoms in total. The van der Waals surface area contributed by atoms with E-state index in [0.717, 1.165) is 63.6 Å². The number of ether oxygens (including phenoxy) is 1. The van der Waals surface area contributed by atoms with Gasteiger partial charge in [0.1, 0.15) is 11.8 Å². The number of rotatable bonds is 5. The lowest BCUT2D eigenvalue weighted by Gasteiger charge is -2.04. The maximum absolute atomic E-state index is 5.60. The summed E-state index contributed by atoms with van der Waals surface area (Å²) in [5, 5.41) is 12.3. The third-order valence-electron chi connectivity index (χ3n) is 5.10. The van der Waals surface area contributed by atoms with Gasteiger partial charge in [0, 0.05) is 45.1 Å². The molecule has 0 spiro atoms. The first kappa shape index (κ1) is 21.8. The summed E-state index contributed by atoms with van der Waals surface area (Å²) in [5.41, 5.74) is 2.11. The predicted molar refractivity (Wildman–Crippen MR) is 110 cm³/mol. The normalized spacial score (nSPS) is 18.6. The minimum atomic E-state index is -0.0374. The molecule has 11 heteroatoms. The zero-order valence-electron chi connectivity index (χ0n) is 16.0. The summed E-state index contributed by atoms with van der Waals surface area (Å²) < 4.78 is 15.1. The van der Waals surface area contributed by atoms with Crippen molar-refractivity contribution in [1.82, 2.24) is 34.8 Å². The monoisotopic (exact) mass is 441 g/mol. The Hall–Kier alpha value is -1.94. The van der Waals surface area contributed by atoms with Gasteiger partial charge in [-0.05, 0) is 31.9 Å². The van der Waals surface area contributed by atoms with Crippen molar-refractivity contribution >= 4 is 24.8 Å². The van der Waals surface area contributed by atoms with Gasteiger partial charge in [0.2, 0.25) is 0 Å². The summed E-state index contributed by atoms with van der Waals surface area (Å²) in [6, 6.07) is 2.13. The standard InChI is InChI=1S/C18H23N7O2.2ClH/c1-3-15(26-10-1)18-21-16(23-27-18)4-8-24-9-6-20-17(24)14-11-13-12-19-5-2-7-25(13)22-14;;/h6,9,11,15,19H,1-5,7-8,10,12H2;2*1H. The van der Waals surface area contributed by atoms with E-state index in [1.54, 1.807) is 0 Å². The molecule has 2 aliphatic heterocycles. The van der Waals surface area contributed by atoms with Crippen LogP contribution < -0.4 is 5.32 Å². The van der Waals surface area contributed by atoms with Gasteiger partial charge in [0.15, 0.2) is 11.6 Å². The molecule has 0 radical (unpaired) electrons. The number of aryl methyl sites for hydroxylation is 3. The smallest absolute Gasteiger partial charge is 0.255 e. The third-order valence-corrected chi connectivity index (χ3v) is 5.10. The number of nitrogens with zero attached hydrogens (tertiary/aromatic N) is 6. The average Bonchev–Trinajstić information content (AvgIpc) is 3.46. The van der Waals surface area contributed by atoms with Gasteiger partial charge in [-0.1, -0.05) is 5.16 Å². The molecule has 29 heavy (non-hydrogen) atoms. The molecule has 0 saturated carbocycles. The molecule has 1 N–H and O–H groups in total. The number of hydrogen-bond acceptors (Lipinski definition) is 7. The molecule has 5 rings (SSSR count). The second kappa shape index (κ2) is 9.71. The Morgan fingerprint density at radius 3 is 3.03 bits per heavy atom. The largest absolute Gasteiger partial charge is 0.368 e. The molecule has 1 atom stereocenters. The molecule has 1 unspecified atom stereocenters. The zero-order chi connectivity index (χ0) is 18.1. The molecule has 158 valence electrons. The van der Waals surface area contributed by atoms with Crippen molar-refractivity contribution in [2.75, 3.05) is 13.2 Å². The number of halogens is 2. The first-order valence-corrected chi connectivity index (χ1v) is 9.60. The van der Waals surface area contributed by atoms with E-state index >= 15 is 0 Å². The van der Waals surface area contributed by atoms with Crippen LogP contribution in [0.4, 0.5) is 0 Å². The van der Waals surface area contributed by atoms with Crippen LogP contribution in [0.3, 0.4) is 0 Å². The summed E-state index contributed by atoms with van der Waals surface area (Å²) in [4.78, 5) is 9.01. The Morgan fingerprint density at radius 2 is 2.17 bits per heavy atom. The van der Waals surface area contributed by atoms with Crippen molar-refractivity contribution in [1.29, 1.82) is 0 Å². The molecule has 1 fully saturated rings. The third kappa shape index (κ3) is 4.63. The van der Waals surface area contributed by atoms with Gasteiger partial charge in [-0.25, -0.2) is 4.98 Å². The molecule has 3 aromatic rings. The topological polar surface area (TPSA) is 95.8 Å². The first-order valence-electron chi connectivity index (χ1n) is 9.60. The quantitative estimate of drug-likeness (QED) is 0.649. The van der Waals surface area contributed by atoms with Crippen molar-refractivity contribution in [2.45, 2.75) is 51.4 Å². The van der Waals surface area contributed by atoms with E-state index in [2.05, 4.69) is 35.8 Å². The molecule has 1 saturated heterocycles. The highest BCUT2D eigenvalue weighted by molar-refractivity contribution is 5.85. The van der Waals surface area contributed by atoms with E-state index in [1.165, 1.54) is 5.69 Å². The van der Waals surface area contributed by atoms with Crippen molar-refractivity contribution in [3.05, 3.63) is 35.9 Å². The molecular weight excluding hydrogens is 417 g/mol. The van der Waals surface area contributed by atoms with Crippen LogP contribution in [-0.2, 0) is 30.8 Å². The number of fused-ring (bicyclic) bond motifs is 1. The Bertz CT molecular complexity index is 894. The summed E-state index contributed by atoms with van der Waals surface area (Å²) in [7, 11) is 0. The number of hydrogen-bond donors (Lipinski definition) is 1. The van der Waals surface area contributed by atoms with Crippen LogP contribution in [0.15, 0.2) is 23.0 Å². The van der Waals surface area contributed by atoms with E-state index in [1.807, 2.05) is 12.4 Å². The highest BCUT2D eigenvalue weighted by Gasteiger charge is 2.24. The number of aromatic nitrogens is 6. The van der Waals surface area contributed by atoms with Crippen molar-refractivity contribution < 1.29 is 9.26 Å². The van der Waals surface area contributed by atoms with Crippen LogP contribution in [0.5, 0.6) is 0 Å². The lowest BCUT2D eigenvalue weighted by molar-refractivity contribution is 0.0835. The van der Waals surface area contributed by atoms with Crippen LogP contribution in [0.25, 0.3) is 11.5 Å². The van der Waals surface area contributed by atoms with E-state index in [4.69, 9.17) is 14.4 Å². The van der Waals surface area contributed by atoms with Crippen LogP contribution in [0.1, 0.15) is 42.8 Å². The zero-order valence-corrected chi connectivity index (χ0v) is 17.6. The Labute approximate surface area is 181 Å². The second-order valence-corrected chi connectivity index (χ2v) is 7.02. The van der Waals surface area contributed by atoms with Gasteiger partial charge in [-0.15, -0.1) is 24.8 Å². The molecule has 3 aromatic heterocycles. The fraction of sp³-hybridized carbons (Fsp3) is 0.556. The van der Waals surface area contributed by atoms with E-state index in [-0.39, 0.29) is 30.9 Å². The molecule has 5 heterocycles. The first-order chi connectivity index (χ1) is 13.4. The maximum Gasteiger partial charge on any atom is 0.255 e. The Balaban J connectivity index is 0.00000120. The lowest BCUT2D eigenvalue weighted by Crippen LogP contribution is -2.11. The van der Waals surface area contributed by atoms with Gasteiger partial charge in [0.05, 0.1) is 5.69 Å². The van der Waals surface area contributed by atoms with Crippen molar-refractivity contribution in [3.8, 4) is 11.5 Å². The molecule has 0 aliphatic carbocycles. The highest BCUT2D eigenvalue weighted by atomic mass is 35.5. The van der Waals surface area contributed by atoms with Gasteiger partial charge in [-0.2, -0.15) is 10.1 Å².